The monoisotopic (exact) mass is 273 g/mol. The van der Waals surface area contributed by atoms with Crippen LogP contribution in [0.1, 0.15) is 25.7 Å². The highest BCUT2D eigenvalue weighted by Gasteiger charge is 2.42. The molecule has 2 N–H and O–H groups in total. The number of thioether (sulfide) groups is 1. The fourth-order valence-electron chi connectivity index (χ4n) is 2.40. The summed E-state index contributed by atoms with van der Waals surface area (Å²) < 4.78 is 5.27. The summed E-state index contributed by atoms with van der Waals surface area (Å²) in [5.41, 5.74) is -1.06. The Kier molecular flexibility index (Phi) is 4.50. The average molecular weight is 273 g/mol. The van der Waals surface area contributed by atoms with E-state index in [1.165, 1.54) is 0 Å². The molecule has 2 aliphatic rings. The van der Waals surface area contributed by atoms with E-state index in [1.54, 1.807) is 11.8 Å². The quantitative estimate of drug-likeness (QED) is 0.798. The van der Waals surface area contributed by atoms with E-state index >= 15 is 0 Å². The van der Waals surface area contributed by atoms with Gasteiger partial charge < -0.3 is 15.2 Å². The van der Waals surface area contributed by atoms with Crippen molar-refractivity contribution in [3.8, 4) is 0 Å². The average Bonchev–Trinajstić information content (AvgIpc) is 2.40. The molecular formula is C12H19NO4S. The van der Waals surface area contributed by atoms with Crippen LogP contribution in [-0.2, 0) is 14.3 Å². The molecule has 2 fully saturated rings. The lowest BCUT2D eigenvalue weighted by molar-refractivity contribution is -0.149. The molecule has 1 unspecified atom stereocenters. The summed E-state index contributed by atoms with van der Waals surface area (Å²) in [6.45, 7) is 1.11. The maximum absolute atomic E-state index is 12.1. The van der Waals surface area contributed by atoms with E-state index in [0.29, 0.717) is 26.1 Å². The zero-order valence-electron chi connectivity index (χ0n) is 10.3. The number of nitrogens with one attached hydrogen (secondary N) is 1. The first-order valence-electron chi connectivity index (χ1n) is 6.35. The number of rotatable bonds is 3. The van der Waals surface area contributed by atoms with Crippen LogP contribution >= 0.6 is 11.8 Å². The van der Waals surface area contributed by atoms with Crippen LogP contribution < -0.4 is 5.32 Å². The molecule has 0 aromatic heterocycles. The van der Waals surface area contributed by atoms with Crippen molar-refractivity contribution in [2.75, 3.05) is 24.7 Å². The minimum absolute atomic E-state index is 0.163. The van der Waals surface area contributed by atoms with Gasteiger partial charge in [0.15, 0.2) is 0 Å². The molecule has 0 bridgehead atoms. The normalized spacial score (nSPS) is 27.4. The molecule has 0 aromatic carbocycles. The van der Waals surface area contributed by atoms with Crippen LogP contribution in [0, 0.1) is 5.92 Å². The van der Waals surface area contributed by atoms with E-state index in [2.05, 4.69) is 5.32 Å². The Labute approximate surface area is 111 Å². The van der Waals surface area contributed by atoms with Crippen molar-refractivity contribution in [2.24, 2.45) is 5.92 Å². The highest BCUT2D eigenvalue weighted by atomic mass is 32.2. The molecule has 0 saturated carbocycles. The van der Waals surface area contributed by atoms with Gasteiger partial charge in [-0.1, -0.05) is 0 Å². The molecule has 102 valence electrons. The Morgan fingerprint density at radius 3 is 2.61 bits per heavy atom. The van der Waals surface area contributed by atoms with Crippen molar-refractivity contribution in [1.29, 1.82) is 0 Å². The lowest BCUT2D eigenvalue weighted by atomic mass is 9.90. The lowest BCUT2D eigenvalue weighted by Crippen LogP contribution is -2.58. The fraction of sp³-hybridized carbons (Fsp3) is 0.833. The number of carbonyl (C=O) groups is 2. The Morgan fingerprint density at radius 2 is 2.06 bits per heavy atom. The van der Waals surface area contributed by atoms with Crippen molar-refractivity contribution in [2.45, 2.75) is 31.2 Å². The van der Waals surface area contributed by atoms with Crippen molar-refractivity contribution < 1.29 is 19.4 Å². The van der Waals surface area contributed by atoms with Gasteiger partial charge in [0.05, 0.1) is 12.5 Å². The third-order valence-corrected chi connectivity index (χ3v) is 4.63. The van der Waals surface area contributed by atoms with Crippen LogP contribution in [-0.4, -0.2) is 47.2 Å². The van der Waals surface area contributed by atoms with Crippen molar-refractivity contribution in [3.05, 3.63) is 0 Å². The minimum Gasteiger partial charge on any atom is -0.480 e. The number of carboxylic acids is 1. The maximum Gasteiger partial charge on any atom is 0.329 e. The highest BCUT2D eigenvalue weighted by Crippen LogP contribution is 2.28. The molecule has 2 rings (SSSR count). The topological polar surface area (TPSA) is 75.6 Å². The third kappa shape index (κ3) is 2.98. The predicted molar refractivity (Wildman–Crippen MR) is 68.6 cm³/mol. The van der Waals surface area contributed by atoms with Crippen molar-refractivity contribution in [3.63, 3.8) is 0 Å². The van der Waals surface area contributed by atoms with Crippen molar-refractivity contribution >= 4 is 23.6 Å². The fourth-order valence-corrected chi connectivity index (χ4v) is 3.59. The van der Waals surface area contributed by atoms with Crippen LogP contribution in [0.5, 0.6) is 0 Å². The van der Waals surface area contributed by atoms with E-state index in [4.69, 9.17) is 4.74 Å². The predicted octanol–water partition coefficient (Wildman–Crippen LogP) is 0.880. The minimum atomic E-state index is -1.06. The molecule has 18 heavy (non-hydrogen) atoms. The molecule has 0 aromatic rings. The number of carboxylic acid groups (broad SMARTS) is 1. The van der Waals surface area contributed by atoms with Gasteiger partial charge in [0.1, 0.15) is 5.54 Å². The Morgan fingerprint density at radius 1 is 1.33 bits per heavy atom. The number of ether oxygens (including phenoxy) is 1. The summed E-state index contributed by atoms with van der Waals surface area (Å²) >= 11 is 1.74. The van der Waals surface area contributed by atoms with E-state index in [0.717, 1.165) is 24.3 Å². The van der Waals surface area contributed by atoms with Gasteiger partial charge in [-0.05, 0) is 37.2 Å². The van der Waals surface area contributed by atoms with E-state index < -0.39 is 11.5 Å². The maximum atomic E-state index is 12.1. The van der Waals surface area contributed by atoms with Crippen molar-refractivity contribution in [1.82, 2.24) is 5.32 Å². The second kappa shape index (κ2) is 5.93. The third-order valence-electron chi connectivity index (χ3n) is 3.65. The zero-order chi connectivity index (χ0) is 13.0. The molecule has 0 radical (unpaired) electrons. The Balaban J connectivity index is 1.99. The van der Waals surface area contributed by atoms with Gasteiger partial charge in [-0.2, -0.15) is 11.8 Å². The van der Waals surface area contributed by atoms with Gasteiger partial charge in [0.2, 0.25) is 5.91 Å². The van der Waals surface area contributed by atoms with Crippen LogP contribution in [0.2, 0.25) is 0 Å². The first-order chi connectivity index (χ1) is 8.64. The number of amides is 1. The molecule has 2 saturated heterocycles. The standard InChI is InChI=1S/C12H19NO4S/c14-10(9-2-1-5-17-8-9)13-12(11(15)16)3-6-18-7-4-12/h9H,1-8H2,(H,13,14)(H,15,16). The molecule has 6 heteroatoms. The smallest absolute Gasteiger partial charge is 0.329 e. The van der Waals surface area contributed by atoms with Gasteiger partial charge in [-0.3, -0.25) is 4.79 Å². The van der Waals surface area contributed by atoms with E-state index in [1.807, 2.05) is 0 Å². The molecule has 2 heterocycles. The molecule has 0 aliphatic carbocycles. The first-order valence-corrected chi connectivity index (χ1v) is 7.50. The van der Waals surface area contributed by atoms with Gasteiger partial charge in [-0.25, -0.2) is 4.79 Å². The summed E-state index contributed by atoms with van der Waals surface area (Å²) in [7, 11) is 0. The zero-order valence-corrected chi connectivity index (χ0v) is 11.1. The molecule has 0 spiro atoms. The molecule has 1 atom stereocenters. The summed E-state index contributed by atoms with van der Waals surface area (Å²) in [4.78, 5) is 23.6. The van der Waals surface area contributed by atoms with Crippen LogP contribution in [0.4, 0.5) is 0 Å². The van der Waals surface area contributed by atoms with Crippen LogP contribution in [0.3, 0.4) is 0 Å². The van der Waals surface area contributed by atoms with E-state index in [9.17, 15) is 14.7 Å². The highest BCUT2D eigenvalue weighted by molar-refractivity contribution is 7.99. The van der Waals surface area contributed by atoms with Gasteiger partial charge in [0, 0.05) is 6.61 Å². The number of hydrogen-bond acceptors (Lipinski definition) is 4. The summed E-state index contributed by atoms with van der Waals surface area (Å²) in [6.07, 6.45) is 2.67. The number of aliphatic carboxylic acids is 1. The van der Waals surface area contributed by atoms with Crippen LogP contribution in [0.25, 0.3) is 0 Å². The van der Waals surface area contributed by atoms with Gasteiger partial charge in [-0.15, -0.1) is 0 Å². The summed E-state index contributed by atoms with van der Waals surface area (Å²) in [5.74, 6) is 0.308. The molecule has 5 nitrogen and oxygen atoms in total. The molecule has 2 aliphatic heterocycles. The van der Waals surface area contributed by atoms with E-state index in [-0.39, 0.29) is 11.8 Å². The lowest BCUT2D eigenvalue weighted by Gasteiger charge is -2.35. The van der Waals surface area contributed by atoms with Gasteiger partial charge in [0.25, 0.3) is 0 Å². The Hall–Kier alpha value is -0.750. The second-order valence-electron chi connectivity index (χ2n) is 4.90. The molecular weight excluding hydrogens is 254 g/mol. The number of carbonyl (C=O) groups excluding carboxylic acids is 1. The van der Waals surface area contributed by atoms with Gasteiger partial charge >= 0.3 is 5.97 Å². The number of hydrogen-bond donors (Lipinski definition) is 2. The SMILES string of the molecule is O=C(NC1(C(=O)O)CCSCC1)C1CCCOC1. The Bertz CT molecular complexity index is 322. The molecule has 1 amide bonds. The summed E-state index contributed by atoms with van der Waals surface area (Å²) in [6, 6.07) is 0. The first kappa shape index (κ1) is 13.7. The largest absolute Gasteiger partial charge is 0.480 e. The summed E-state index contributed by atoms with van der Waals surface area (Å²) in [5, 5.41) is 12.2. The second-order valence-corrected chi connectivity index (χ2v) is 6.13. The van der Waals surface area contributed by atoms with Crippen LogP contribution in [0.15, 0.2) is 0 Å².